The van der Waals surface area contributed by atoms with E-state index in [0.29, 0.717) is 0 Å². The van der Waals surface area contributed by atoms with Crippen molar-refractivity contribution in [2.24, 2.45) is 0 Å². The van der Waals surface area contributed by atoms with E-state index in [-0.39, 0.29) is 12.1 Å². The van der Waals surface area contributed by atoms with Crippen molar-refractivity contribution >= 4 is 11.5 Å². The molecule has 4 nitrogen and oxygen atoms in total. The van der Waals surface area contributed by atoms with Gasteiger partial charge in [-0.1, -0.05) is 16.6 Å². The van der Waals surface area contributed by atoms with E-state index in [1.807, 2.05) is 33.0 Å². The SMILES string of the molecule is CNC(c1ccc(OC(C)C)cc1)c1cnns1. The highest BCUT2D eigenvalue weighted by Crippen LogP contribution is 2.25. The third kappa shape index (κ3) is 3.05. The van der Waals surface area contributed by atoms with Gasteiger partial charge in [-0.05, 0) is 50.1 Å². The van der Waals surface area contributed by atoms with Gasteiger partial charge in [0.2, 0.25) is 0 Å². The fourth-order valence-electron chi connectivity index (χ4n) is 1.79. The average molecular weight is 263 g/mol. The number of hydrogen-bond acceptors (Lipinski definition) is 5. The summed E-state index contributed by atoms with van der Waals surface area (Å²) in [6.45, 7) is 4.04. The highest BCUT2D eigenvalue weighted by molar-refractivity contribution is 7.05. The molecule has 1 aromatic heterocycles. The molecule has 5 heteroatoms. The first kappa shape index (κ1) is 13.0. The van der Waals surface area contributed by atoms with Gasteiger partial charge in [-0.3, -0.25) is 0 Å². The zero-order chi connectivity index (χ0) is 13.0. The van der Waals surface area contributed by atoms with E-state index in [4.69, 9.17) is 4.74 Å². The molecule has 1 N–H and O–H groups in total. The number of rotatable bonds is 5. The van der Waals surface area contributed by atoms with Gasteiger partial charge in [-0.2, -0.15) is 0 Å². The Morgan fingerprint density at radius 3 is 2.44 bits per heavy atom. The van der Waals surface area contributed by atoms with Crippen molar-refractivity contribution in [3.8, 4) is 5.75 Å². The molecule has 1 aromatic carbocycles. The molecule has 0 radical (unpaired) electrons. The zero-order valence-electron chi connectivity index (χ0n) is 10.8. The van der Waals surface area contributed by atoms with Crippen molar-refractivity contribution < 1.29 is 4.74 Å². The molecule has 0 saturated heterocycles. The first-order valence-electron chi connectivity index (χ1n) is 5.92. The van der Waals surface area contributed by atoms with Crippen molar-refractivity contribution in [1.82, 2.24) is 14.9 Å². The topological polar surface area (TPSA) is 47.0 Å². The molecular weight excluding hydrogens is 246 g/mol. The maximum absolute atomic E-state index is 5.63. The van der Waals surface area contributed by atoms with E-state index >= 15 is 0 Å². The maximum atomic E-state index is 5.63. The number of benzene rings is 1. The molecular formula is C13H17N3OS. The number of aromatic nitrogens is 2. The van der Waals surface area contributed by atoms with E-state index in [0.717, 1.165) is 10.6 Å². The van der Waals surface area contributed by atoms with Crippen LogP contribution in [0.1, 0.15) is 30.3 Å². The van der Waals surface area contributed by atoms with Gasteiger partial charge in [0.25, 0.3) is 0 Å². The fraction of sp³-hybridized carbons (Fsp3) is 0.385. The standard InChI is InChI=1S/C13H17N3OS/c1-9(2)17-11-6-4-10(5-7-11)13(14-3)12-8-15-16-18-12/h4-9,13-14H,1-3H3. The minimum Gasteiger partial charge on any atom is -0.491 e. The van der Waals surface area contributed by atoms with Gasteiger partial charge in [0.05, 0.1) is 23.2 Å². The summed E-state index contributed by atoms with van der Waals surface area (Å²) in [7, 11) is 1.93. The Bertz CT molecular complexity index is 467. The van der Waals surface area contributed by atoms with E-state index in [1.165, 1.54) is 17.1 Å². The first-order valence-corrected chi connectivity index (χ1v) is 6.69. The van der Waals surface area contributed by atoms with Crippen LogP contribution in [-0.4, -0.2) is 22.7 Å². The van der Waals surface area contributed by atoms with E-state index < -0.39 is 0 Å². The molecule has 0 spiro atoms. The van der Waals surface area contributed by atoms with Crippen molar-refractivity contribution in [3.05, 3.63) is 40.9 Å². The molecule has 2 rings (SSSR count). The highest BCUT2D eigenvalue weighted by Gasteiger charge is 2.14. The van der Waals surface area contributed by atoms with Crippen LogP contribution in [-0.2, 0) is 0 Å². The molecule has 0 aliphatic carbocycles. The molecule has 1 unspecified atom stereocenters. The van der Waals surface area contributed by atoms with Gasteiger partial charge < -0.3 is 10.1 Å². The predicted octanol–water partition coefficient (Wildman–Crippen LogP) is 2.63. The number of ether oxygens (including phenoxy) is 1. The second-order valence-corrected chi connectivity index (χ2v) is 5.09. The Kier molecular flexibility index (Phi) is 4.28. The molecule has 1 heterocycles. The smallest absolute Gasteiger partial charge is 0.119 e. The lowest BCUT2D eigenvalue weighted by atomic mass is 10.1. The third-order valence-electron chi connectivity index (χ3n) is 2.54. The summed E-state index contributed by atoms with van der Waals surface area (Å²) in [5.74, 6) is 0.894. The van der Waals surface area contributed by atoms with Crippen LogP contribution >= 0.6 is 11.5 Å². The molecule has 0 fully saturated rings. The Labute approximate surface area is 111 Å². The summed E-state index contributed by atoms with van der Waals surface area (Å²) in [5.41, 5.74) is 1.18. The molecule has 2 aromatic rings. The van der Waals surface area contributed by atoms with Gasteiger partial charge in [0, 0.05) is 0 Å². The summed E-state index contributed by atoms with van der Waals surface area (Å²) >= 11 is 1.41. The second kappa shape index (κ2) is 5.93. The molecule has 1 atom stereocenters. The van der Waals surface area contributed by atoms with Crippen molar-refractivity contribution in [2.75, 3.05) is 7.05 Å². The molecule has 0 saturated carbocycles. The summed E-state index contributed by atoms with van der Waals surface area (Å²) < 4.78 is 9.53. The van der Waals surface area contributed by atoms with Crippen molar-refractivity contribution in [1.29, 1.82) is 0 Å². The van der Waals surface area contributed by atoms with Crippen LogP contribution in [0.5, 0.6) is 5.75 Å². The van der Waals surface area contributed by atoms with Crippen LogP contribution in [0.15, 0.2) is 30.5 Å². The van der Waals surface area contributed by atoms with Crippen LogP contribution in [0.4, 0.5) is 0 Å². The van der Waals surface area contributed by atoms with Gasteiger partial charge in [0.15, 0.2) is 0 Å². The molecule has 0 amide bonds. The van der Waals surface area contributed by atoms with Gasteiger partial charge in [-0.25, -0.2) is 0 Å². The summed E-state index contributed by atoms with van der Waals surface area (Å²) in [6.07, 6.45) is 1.99. The summed E-state index contributed by atoms with van der Waals surface area (Å²) in [4.78, 5) is 1.11. The Morgan fingerprint density at radius 1 is 1.22 bits per heavy atom. The normalized spacial score (nSPS) is 12.7. The van der Waals surface area contributed by atoms with Gasteiger partial charge >= 0.3 is 0 Å². The van der Waals surface area contributed by atoms with Crippen LogP contribution in [0.3, 0.4) is 0 Å². The van der Waals surface area contributed by atoms with E-state index in [2.05, 4.69) is 27.0 Å². The number of nitrogens with one attached hydrogen (secondary N) is 1. The van der Waals surface area contributed by atoms with E-state index in [1.54, 1.807) is 6.20 Å². The van der Waals surface area contributed by atoms with Crippen molar-refractivity contribution in [2.45, 2.75) is 26.0 Å². The monoisotopic (exact) mass is 263 g/mol. The molecule has 96 valence electrons. The molecule has 0 bridgehead atoms. The van der Waals surface area contributed by atoms with Crippen LogP contribution in [0.2, 0.25) is 0 Å². The lowest BCUT2D eigenvalue weighted by molar-refractivity contribution is 0.242. The number of hydrogen-bond donors (Lipinski definition) is 1. The molecule has 18 heavy (non-hydrogen) atoms. The van der Waals surface area contributed by atoms with Crippen LogP contribution < -0.4 is 10.1 Å². The lowest BCUT2D eigenvalue weighted by Gasteiger charge is -2.15. The minimum absolute atomic E-state index is 0.137. The molecule has 0 aliphatic rings. The first-order chi connectivity index (χ1) is 8.70. The predicted molar refractivity (Wildman–Crippen MR) is 73.0 cm³/mol. The van der Waals surface area contributed by atoms with Crippen LogP contribution in [0.25, 0.3) is 0 Å². The van der Waals surface area contributed by atoms with E-state index in [9.17, 15) is 0 Å². The third-order valence-corrected chi connectivity index (χ3v) is 3.26. The Morgan fingerprint density at radius 2 is 1.94 bits per heavy atom. The largest absolute Gasteiger partial charge is 0.491 e. The lowest BCUT2D eigenvalue weighted by Crippen LogP contribution is -2.16. The van der Waals surface area contributed by atoms with Crippen LogP contribution in [0, 0.1) is 0 Å². The quantitative estimate of drug-likeness (QED) is 0.901. The Balaban J connectivity index is 2.17. The Hall–Kier alpha value is -1.46. The summed E-state index contributed by atoms with van der Waals surface area (Å²) in [5, 5.41) is 7.15. The van der Waals surface area contributed by atoms with Gasteiger partial charge in [0.1, 0.15) is 5.75 Å². The average Bonchev–Trinajstić information content (AvgIpc) is 2.85. The maximum Gasteiger partial charge on any atom is 0.119 e. The highest BCUT2D eigenvalue weighted by atomic mass is 32.1. The second-order valence-electron chi connectivity index (χ2n) is 4.28. The minimum atomic E-state index is 0.137. The van der Waals surface area contributed by atoms with Gasteiger partial charge in [-0.15, -0.1) is 5.10 Å². The zero-order valence-corrected chi connectivity index (χ0v) is 11.6. The number of nitrogens with zero attached hydrogens (tertiary/aromatic N) is 2. The fourth-order valence-corrected chi connectivity index (χ4v) is 2.43. The van der Waals surface area contributed by atoms with Crippen molar-refractivity contribution in [3.63, 3.8) is 0 Å². The summed E-state index contributed by atoms with van der Waals surface area (Å²) in [6, 6.07) is 8.26. The molecule has 0 aliphatic heterocycles.